The maximum Gasteiger partial charge on any atom is 0.251 e. The monoisotopic (exact) mass is 322 g/mol. The zero-order valence-corrected chi connectivity index (χ0v) is 12.6. The predicted molar refractivity (Wildman–Crippen MR) is 79.0 cm³/mol. The Hall–Kier alpha value is -2.12. The standard InChI is InChI=1S/C14H15ClN4O3/c1-21-11-6-8(2-3-9(11)15)14(20)18-10-4-5-22-12(10)13-16-7-17-19-13/h2-3,6-7,10,12H,4-5H2,1H3,(H,18,20)(H,16,17,19)/t10-,12+/m0/s1. The van der Waals surface area contributed by atoms with Gasteiger partial charge in [-0.2, -0.15) is 5.10 Å². The van der Waals surface area contributed by atoms with Crippen LogP contribution in [0.4, 0.5) is 0 Å². The summed E-state index contributed by atoms with van der Waals surface area (Å²) in [6.07, 6.45) is 1.81. The summed E-state index contributed by atoms with van der Waals surface area (Å²) in [5, 5.41) is 10.00. The normalized spacial score (nSPS) is 20.8. The molecular weight excluding hydrogens is 308 g/mol. The zero-order chi connectivity index (χ0) is 15.5. The minimum absolute atomic E-state index is 0.165. The molecule has 7 nitrogen and oxygen atoms in total. The summed E-state index contributed by atoms with van der Waals surface area (Å²) in [6, 6.07) is 4.73. The molecule has 1 aromatic heterocycles. The van der Waals surface area contributed by atoms with Gasteiger partial charge in [-0.15, -0.1) is 0 Å². The Morgan fingerprint density at radius 3 is 3.14 bits per heavy atom. The lowest BCUT2D eigenvalue weighted by molar-refractivity contribution is 0.0791. The molecule has 0 saturated carbocycles. The number of methoxy groups -OCH3 is 1. The average Bonchev–Trinajstić information content (AvgIpc) is 3.18. The van der Waals surface area contributed by atoms with Crippen LogP contribution in [-0.2, 0) is 4.74 Å². The molecule has 0 bridgehead atoms. The highest BCUT2D eigenvalue weighted by Crippen LogP contribution is 2.28. The maximum absolute atomic E-state index is 12.4. The number of halogens is 1. The third-order valence-corrected chi connectivity index (χ3v) is 3.84. The van der Waals surface area contributed by atoms with Crippen molar-refractivity contribution in [3.63, 3.8) is 0 Å². The van der Waals surface area contributed by atoms with Crippen LogP contribution >= 0.6 is 11.6 Å². The number of carbonyl (C=O) groups is 1. The lowest BCUT2D eigenvalue weighted by atomic mass is 10.1. The van der Waals surface area contributed by atoms with Crippen LogP contribution in [0.2, 0.25) is 5.02 Å². The van der Waals surface area contributed by atoms with Crippen molar-refractivity contribution in [3.8, 4) is 5.75 Å². The Labute approximate surface area is 132 Å². The van der Waals surface area contributed by atoms with E-state index in [0.717, 1.165) is 0 Å². The zero-order valence-electron chi connectivity index (χ0n) is 11.9. The smallest absolute Gasteiger partial charge is 0.251 e. The lowest BCUT2D eigenvalue weighted by Gasteiger charge is -2.18. The molecule has 3 rings (SSSR count). The lowest BCUT2D eigenvalue weighted by Crippen LogP contribution is -2.37. The van der Waals surface area contributed by atoms with Crippen LogP contribution in [0, 0.1) is 0 Å². The number of ether oxygens (including phenoxy) is 2. The number of nitrogens with zero attached hydrogens (tertiary/aromatic N) is 2. The van der Waals surface area contributed by atoms with Crippen LogP contribution in [0.15, 0.2) is 24.5 Å². The number of rotatable bonds is 4. The second kappa shape index (κ2) is 6.33. The fraction of sp³-hybridized carbons (Fsp3) is 0.357. The predicted octanol–water partition coefficient (Wildman–Crippen LogP) is 1.73. The van der Waals surface area contributed by atoms with E-state index in [1.54, 1.807) is 18.2 Å². The minimum atomic E-state index is -0.319. The molecule has 1 aliphatic rings. The third kappa shape index (κ3) is 2.90. The minimum Gasteiger partial charge on any atom is -0.495 e. The number of nitrogens with one attached hydrogen (secondary N) is 2. The number of carbonyl (C=O) groups excluding carboxylic acids is 1. The molecule has 0 radical (unpaired) electrons. The number of aromatic amines is 1. The molecule has 2 N–H and O–H groups in total. The van der Waals surface area contributed by atoms with Crippen molar-refractivity contribution in [3.05, 3.63) is 40.9 Å². The molecule has 1 fully saturated rings. The molecular formula is C14H15ClN4O3. The van der Waals surface area contributed by atoms with E-state index < -0.39 is 0 Å². The van der Waals surface area contributed by atoms with Gasteiger partial charge in [0.05, 0.1) is 18.2 Å². The Kier molecular flexibility index (Phi) is 4.26. The fourth-order valence-corrected chi connectivity index (χ4v) is 2.61. The number of H-pyrrole nitrogens is 1. The van der Waals surface area contributed by atoms with Crippen LogP contribution in [0.5, 0.6) is 5.75 Å². The number of aromatic nitrogens is 3. The third-order valence-electron chi connectivity index (χ3n) is 3.52. The van der Waals surface area contributed by atoms with Crippen LogP contribution in [-0.4, -0.2) is 40.8 Å². The van der Waals surface area contributed by atoms with Gasteiger partial charge in [0, 0.05) is 12.2 Å². The molecule has 1 aliphatic heterocycles. The van der Waals surface area contributed by atoms with Crippen LogP contribution in [0.1, 0.15) is 28.7 Å². The molecule has 0 spiro atoms. The molecule has 0 aliphatic carbocycles. The van der Waals surface area contributed by atoms with Gasteiger partial charge in [0.15, 0.2) is 5.82 Å². The largest absolute Gasteiger partial charge is 0.495 e. The van der Waals surface area contributed by atoms with Crippen LogP contribution < -0.4 is 10.1 Å². The molecule has 2 aromatic rings. The van der Waals surface area contributed by atoms with E-state index in [0.29, 0.717) is 35.2 Å². The molecule has 8 heteroatoms. The Bertz CT molecular complexity index is 662. The highest BCUT2D eigenvalue weighted by molar-refractivity contribution is 6.32. The highest BCUT2D eigenvalue weighted by Gasteiger charge is 2.33. The van der Waals surface area contributed by atoms with Crippen molar-refractivity contribution in [1.82, 2.24) is 20.5 Å². The van der Waals surface area contributed by atoms with Gasteiger partial charge in [0.25, 0.3) is 5.91 Å². The topological polar surface area (TPSA) is 89.1 Å². The fourth-order valence-electron chi connectivity index (χ4n) is 2.41. The van der Waals surface area contributed by atoms with Gasteiger partial charge in [-0.1, -0.05) is 11.6 Å². The SMILES string of the molecule is COc1cc(C(=O)N[C@H]2CCO[C@H]2c2ncn[nH]2)ccc1Cl. The summed E-state index contributed by atoms with van der Waals surface area (Å²) < 4.78 is 10.7. The van der Waals surface area contributed by atoms with E-state index in [1.807, 2.05) is 0 Å². The van der Waals surface area contributed by atoms with Crippen molar-refractivity contribution < 1.29 is 14.3 Å². The number of hydrogen-bond acceptors (Lipinski definition) is 5. The number of amides is 1. The van der Waals surface area contributed by atoms with Crippen molar-refractivity contribution in [2.45, 2.75) is 18.6 Å². The summed E-state index contributed by atoms with van der Waals surface area (Å²) in [7, 11) is 1.51. The molecule has 22 heavy (non-hydrogen) atoms. The first-order chi connectivity index (χ1) is 10.7. The van der Waals surface area contributed by atoms with E-state index in [2.05, 4.69) is 20.5 Å². The van der Waals surface area contributed by atoms with Gasteiger partial charge in [-0.05, 0) is 24.6 Å². The molecule has 2 atom stereocenters. The van der Waals surface area contributed by atoms with Crippen LogP contribution in [0.3, 0.4) is 0 Å². The van der Waals surface area contributed by atoms with Gasteiger partial charge < -0.3 is 14.8 Å². The van der Waals surface area contributed by atoms with Crippen LogP contribution in [0.25, 0.3) is 0 Å². The molecule has 0 unspecified atom stereocenters. The van der Waals surface area contributed by atoms with Gasteiger partial charge >= 0.3 is 0 Å². The first kappa shape index (κ1) is 14.8. The number of hydrogen-bond donors (Lipinski definition) is 2. The van der Waals surface area contributed by atoms with Gasteiger partial charge in [-0.3, -0.25) is 9.89 Å². The Morgan fingerprint density at radius 2 is 2.41 bits per heavy atom. The van der Waals surface area contributed by atoms with E-state index in [9.17, 15) is 4.79 Å². The van der Waals surface area contributed by atoms with Gasteiger partial charge in [0.1, 0.15) is 18.2 Å². The van der Waals surface area contributed by atoms with E-state index in [-0.39, 0.29) is 18.1 Å². The molecule has 116 valence electrons. The summed E-state index contributed by atoms with van der Waals surface area (Å²) >= 11 is 5.97. The highest BCUT2D eigenvalue weighted by atomic mass is 35.5. The first-order valence-electron chi connectivity index (χ1n) is 6.80. The second-order valence-electron chi connectivity index (χ2n) is 4.88. The van der Waals surface area contributed by atoms with Crippen molar-refractivity contribution >= 4 is 17.5 Å². The molecule has 1 aromatic carbocycles. The van der Waals surface area contributed by atoms with E-state index in [1.165, 1.54) is 13.4 Å². The molecule has 2 heterocycles. The Balaban J connectivity index is 1.73. The quantitative estimate of drug-likeness (QED) is 0.894. The van der Waals surface area contributed by atoms with Crippen molar-refractivity contribution in [2.24, 2.45) is 0 Å². The number of benzene rings is 1. The van der Waals surface area contributed by atoms with Gasteiger partial charge in [0.2, 0.25) is 0 Å². The first-order valence-corrected chi connectivity index (χ1v) is 7.18. The second-order valence-corrected chi connectivity index (χ2v) is 5.29. The van der Waals surface area contributed by atoms with Crippen molar-refractivity contribution in [2.75, 3.05) is 13.7 Å². The van der Waals surface area contributed by atoms with E-state index >= 15 is 0 Å². The maximum atomic E-state index is 12.4. The summed E-state index contributed by atoms with van der Waals surface area (Å²) in [5.74, 6) is 0.857. The summed E-state index contributed by atoms with van der Waals surface area (Å²) in [5.41, 5.74) is 0.476. The summed E-state index contributed by atoms with van der Waals surface area (Å²) in [4.78, 5) is 16.5. The van der Waals surface area contributed by atoms with E-state index in [4.69, 9.17) is 21.1 Å². The molecule has 1 amide bonds. The Morgan fingerprint density at radius 1 is 1.55 bits per heavy atom. The molecule has 1 saturated heterocycles. The van der Waals surface area contributed by atoms with Gasteiger partial charge in [-0.25, -0.2) is 4.98 Å². The average molecular weight is 323 g/mol. The summed E-state index contributed by atoms with van der Waals surface area (Å²) in [6.45, 7) is 0.556. The van der Waals surface area contributed by atoms with Crippen molar-refractivity contribution in [1.29, 1.82) is 0 Å².